The summed E-state index contributed by atoms with van der Waals surface area (Å²) in [6, 6.07) is 4.68. The van der Waals surface area contributed by atoms with Crippen LogP contribution >= 0.6 is 11.6 Å². The van der Waals surface area contributed by atoms with Crippen molar-refractivity contribution in [2.75, 3.05) is 31.1 Å². The second-order valence-electron chi connectivity index (χ2n) is 7.64. The normalized spacial score (nSPS) is 22.9. The maximum absolute atomic E-state index is 12.4. The molecule has 0 spiro atoms. The summed E-state index contributed by atoms with van der Waals surface area (Å²) < 4.78 is 5.22. The lowest BCUT2D eigenvalue weighted by molar-refractivity contribution is -0.137. The highest BCUT2D eigenvalue weighted by Gasteiger charge is 2.27. The molecule has 6 nitrogen and oxygen atoms in total. The SMILES string of the molecule is C[C@@H]1C[C@@H](C)CN(C(=O)COC(=O)c2ccc(Cl)c(N3CCCC3=O)c2)C1. The van der Waals surface area contributed by atoms with Crippen molar-refractivity contribution in [2.45, 2.75) is 33.1 Å². The quantitative estimate of drug-likeness (QED) is 0.738. The van der Waals surface area contributed by atoms with Crippen LogP contribution < -0.4 is 4.90 Å². The highest BCUT2D eigenvalue weighted by molar-refractivity contribution is 6.34. The second-order valence-corrected chi connectivity index (χ2v) is 8.04. The van der Waals surface area contributed by atoms with E-state index in [4.69, 9.17) is 16.3 Å². The van der Waals surface area contributed by atoms with Gasteiger partial charge in [-0.3, -0.25) is 9.59 Å². The van der Waals surface area contributed by atoms with Gasteiger partial charge in [0.15, 0.2) is 6.61 Å². The molecule has 7 heteroatoms. The van der Waals surface area contributed by atoms with Crippen molar-refractivity contribution >= 4 is 35.1 Å². The van der Waals surface area contributed by atoms with Crippen molar-refractivity contribution in [3.05, 3.63) is 28.8 Å². The van der Waals surface area contributed by atoms with Gasteiger partial charge in [0.1, 0.15) is 0 Å². The molecule has 0 aliphatic carbocycles. The van der Waals surface area contributed by atoms with Crippen LogP contribution in [0.3, 0.4) is 0 Å². The van der Waals surface area contributed by atoms with Crippen LogP contribution in [0, 0.1) is 11.8 Å². The Balaban J connectivity index is 1.63. The second kappa shape index (κ2) is 8.30. The van der Waals surface area contributed by atoms with Gasteiger partial charge in [0, 0.05) is 26.1 Å². The first kappa shape index (κ1) is 19.7. The molecule has 2 atom stereocenters. The summed E-state index contributed by atoms with van der Waals surface area (Å²) in [7, 11) is 0. The lowest BCUT2D eigenvalue weighted by Crippen LogP contribution is -2.44. The zero-order valence-electron chi connectivity index (χ0n) is 15.7. The number of carbonyl (C=O) groups is 3. The summed E-state index contributed by atoms with van der Waals surface area (Å²) in [4.78, 5) is 40.1. The van der Waals surface area contributed by atoms with Crippen LogP contribution in [0.2, 0.25) is 5.02 Å². The molecule has 0 N–H and O–H groups in total. The van der Waals surface area contributed by atoms with Crippen LogP contribution in [-0.4, -0.2) is 48.9 Å². The minimum atomic E-state index is -0.592. The molecule has 1 aromatic carbocycles. The summed E-state index contributed by atoms with van der Waals surface area (Å²) in [6.07, 6.45) is 2.35. The van der Waals surface area contributed by atoms with E-state index in [1.165, 1.54) is 0 Å². The van der Waals surface area contributed by atoms with Gasteiger partial charge in [-0.25, -0.2) is 4.79 Å². The smallest absolute Gasteiger partial charge is 0.338 e. The van der Waals surface area contributed by atoms with Gasteiger partial charge >= 0.3 is 5.97 Å². The van der Waals surface area contributed by atoms with Crippen molar-refractivity contribution in [1.82, 2.24) is 4.90 Å². The molecule has 0 unspecified atom stereocenters. The summed E-state index contributed by atoms with van der Waals surface area (Å²) in [5.41, 5.74) is 0.793. The minimum absolute atomic E-state index is 0.00840. The molecule has 2 heterocycles. The third-order valence-electron chi connectivity index (χ3n) is 5.09. The molecule has 27 heavy (non-hydrogen) atoms. The Labute approximate surface area is 164 Å². The Bertz CT molecular complexity index is 741. The van der Waals surface area contributed by atoms with E-state index in [1.54, 1.807) is 28.0 Å². The molecule has 0 radical (unpaired) electrons. The number of anilines is 1. The predicted molar refractivity (Wildman–Crippen MR) is 103 cm³/mol. The summed E-state index contributed by atoms with van der Waals surface area (Å²) in [5, 5.41) is 0.411. The zero-order valence-corrected chi connectivity index (χ0v) is 16.5. The topological polar surface area (TPSA) is 66.9 Å². The van der Waals surface area contributed by atoms with Crippen molar-refractivity contribution in [2.24, 2.45) is 11.8 Å². The summed E-state index contributed by atoms with van der Waals surface area (Å²) in [6.45, 7) is 5.94. The maximum atomic E-state index is 12.4. The fraction of sp³-hybridized carbons (Fsp3) is 0.550. The van der Waals surface area contributed by atoms with Gasteiger partial charge in [-0.05, 0) is 42.9 Å². The Kier molecular flexibility index (Phi) is 6.05. The standard InChI is InChI=1S/C20H25ClN2O4/c1-13-8-14(2)11-22(10-13)19(25)12-27-20(26)15-5-6-16(21)17(9-15)23-7-3-4-18(23)24/h5-6,9,13-14H,3-4,7-8,10-12H2,1-2H3/t13-,14-/m1/s1. The Morgan fingerprint density at radius 2 is 1.93 bits per heavy atom. The molecule has 0 bridgehead atoms. The number of amides is 2. The summed E-state index contributed by atoms with van der Waals surface area (Å²) >= 11 is 6.20. The largest absolute Gasteiger partial charge is 0.452 e. The third-order valence-corrected chi connectivity index (χ3v) is 5.41. The Morgan fingerprint density at radius 3 is 2.56 bits per heavy atom. The van der Waals surface area contributed by atoms with E-state index in [0.717, 1.165) is 12.8 Å². The number of benzene rings is 1. The highest BCUT2D eigenvalue weighted by atomic mass is 35.5. The first-order valence-corrected chi connectivity index (χ1v) is 9.77. The molecule has 146 valence electrons. The average Bonchev–Trinajstić information content (AvgIpc) is 3.04. The highest BCUT2D eigenvalue weighted by Crippen LogP contribution is 2.30. The van der Waals surface area contributed by atoms with Crippen LogP contribution in [0.1, 0.15) is 43.5 Å². The van der Waals surface area contributed by atoms with Gasteiger partial charge in [-0.15, -0.1) is 0 Å². The fourth-order valence-electron chi connectivity index (χ4n) is 3.92. The molecule has 0 aromatic heterocycles. The average molecular weight is 393 g/mol. The number of halogens is 1. The molecule has 2 saturated heterocycles. The van der Waals surface area contributed by atoms with Crippen LogP contribution in [-0.2, 0) is 14.3 Å². The van der Waals surface area contributed by atoms with Crippen molar-refractivity contribution in [3.63, 3.8) is 0 Å². The Morgan fingerprint density at radius 1 is 1.22 bits per heavy atom. The number of carbonyl (C=O) groups excluding carboxylic acids is 3. The molecule has 1 aromatic rings. The minimum Gasteiger partial charge on any atom is -0.452 e. The lowest BCUT2D eigenvalue weighted by Gasteiger charge is -2.34. The van der Waals surface area contributed by atoms with Crippen molar-refractivity contribution in [1.29, 1.82) is 0 Å². The van der Waals surface area contributed by atoms with E-state index in [-0.39, 0.29) is 24.0 Å². The number of likely N-dealkylation sites (tertiary alicyclic amines) is 1. The molecular weight excluding hydrogens is 368 g/mol. The lowest BCUT2D eigenvalue weighted by atomic mass is 9.92. The number of nitrogens with zero attached hydrogens (tertiary/aromatic N) is 2. The van der Waals surface area contributed by atoms with Crippen molar-refractivity contribution in [3.8, 4) is 0 Å². The van der Waals surface area contributed by atoms with Crippen LogP contribution in [0.15, 0.2) is 18.2 Å². The molecule has 3 rings (SSSR count). The van der Waals surface area contributed by atoms with Crippen LogP contribution in [0.25, 0.3) is 0 Å². The molecule has 0 saturated carbocycles. The van der Waals surface area contributed by atoms with Crippen LogP contribution in [0.4, 0.5) is 5.69 Å². The molecular formula is C20H25ClN2O4. The zero-order chi connectivity index (χ0) is 19.6. The van der Waals surface area contributed by atoms with Crippen molar-refractivity contribution < 1.29 is 19.1 Å². The number of hydrogen-bond acceptors (Lipinski definition) is 4. The first-order valence-electron chi connectivity index (χ1n) is 9.40. The first-order chi connectivity index (χ1) is 12.8. The van der Waals surface area contributed by atoms with Gasteiger partial charge in [0.2, 0.25) is 5.91 Å². The molecule has 2 aliphatic rings. The van der Waals surface area contributed by atoms with E-state index >= 15 is 0 Å². The predicted octanol–water partition coefficient (Wildman–Crippen LogP) is 3.13. The summed E-state index contributed by atoms with van der Waals surface area (Å²) in [5.74, 6) is 0.123. The van der Waals surface area contributed by atoms with E-state index < -0.39 is 5.97 Å². The van der Waals surface area contributed by atoms with Gasteiger partial charge in [0.05, 0.1) is 16.3 Å². The van der Waals surface area contributed by atoms with E-state index in [1.807, 2.05) is 0 Å². The Hall–Kier alpha value is -2.08. The number of ether oxygens (including phenoxy) is 1. The molecule has 2 aliphatic heterocycles. The van der Waals surface area contributed by atoms with Gasteiger partial charge in [-0.2, -0.15) is 0 Å². The fourth-order valence-corrected chi connectivity index (χ4v) is 4.14. The number of hydrogen-bond donors (Lipinski definition) is 0. The van der Waals surface area contributed by atoms with Gasteiger partial charge in [-0.1, -0.05) is 25.4 Å². The molecule has 2 amide bonds. The number of piperidine rings is 1. The number of rotatable bonds is 4. The molecule has 2 fully saturated rings. The third kappa shape index (κ3) is 4.61. The van der Waals surface area contributed by atoms with E-state index in [9.17, 15) is 14.4 Å². The van der Waals surface area contributed by atoms with Gasteiger partial charge < -0.3 is 14.5 Å². The van der Waals surface area contributed by atoms with E-state index in [2.05, 4.69) is 13.8 Å². The monoisotopic (exact) mass is 392 g/mol. The maximum Gasteiger partial charge on any atom is 0.338 e. The van der Waals surface area contributed by atoms with Crippen LogP contribution in [0.5, 0.6) is 0 Å². The van der Waals surface area contributed by atoms with E-state index in [0.29, 0.717) is 48.6 Å². The van der Waals surface area contributed by atoms with Gasteiger partial charge in [0.25, 0.3) is 5.91 Å². The number of esters is 1.